The van der Waals surface area contributed by atoms with Crippen LogP contribution in [0.5, 0.6) is 11.6 Å². The first-order valence-corrected chi connectivity index (χ1v) is 7.31. The molecule has 0 aliphatic carbocycles. The van der Waals surface area contributed by atoms with Gasteiger partial charge in [-0.1, -0.05) is 19.9 Å². The maximum atomic E-state index is 6.01. The van der Waals surface area contributed by atoms with Crippen molar-refractivity contribution in [3.63, 3.8) is 0 Å². The van der Waals surface area contributed by atoms with Gasteiger partial charge in [-0.25, -0.2) is 4.98 Å². The molecular formula is C16H24N4O. The van der Waals surface area contributed by atoms with Crippen LogP contribution in [-0.4, -0.2) is 21.3 Å². The van der Waals surface area contributed by atoms with E-state index in [9.17, 15) is 0 Å². The van der Waals surface area contributed by atoms with Gasteiger partial charge in [-0.2, -0.15) is 5.10 Å². The van der Waals surface area contributed by atoms with E-state index in [0.717, 1.165) is 35.8 Å². The predicted molar refractivity (Wildman–Crippen MR) is 83.5 cm³/mol. The van der Waals surface area contributed by atoms with Crippen LogP contribution in [0.3, 0.4) is 0 Å². The van der Waals surface area contributed by atoms with Crippen LogP contribution in [0.25, 0.3) is 0 Å². The largest absolute Gasteiger partial charge is 0.435 e. The van der Waals surface area contributed by atoms with Gasteiger partial charge < -0.3 is 10.1 Å². The van der Waals surface area contributed by atoms with Gasteiger partial charge in [0.05, 0.1) is 5.69 Å². The minimum Gasteiger partial charge on any atom is -0.435 e. The molecule has 0 saturated carbocycles. The number of rotatable bonds is 6. The standard InChI is InChI=1S/C16H24N4O/c1-11(2)9-17-10-14-7-6-8-18-16(14)21-15-12(3)19-20(5)13(15)4/h6-8,11,17H,9-10H2,1-5H3. The summed E-state index contributed by atoms with van der Waals surface area (Å²) in [4.78, 5) is 4.36. The zero-order chi connectivity index (χ0) is 15.4. The van der Waals surface area contributed by atoms with E-state index in [4.69, 9.17) is 4.74 Å². The van der Waals surface area contributed by atoms with Crippen molar-refractivity contribution in [2.24, 2.45) is 13.0 Å². The highest BCUT2D eigenvalue weighted by Crippen LogP contribution is 2.28. The third-order valence-electron chi connectivity index (χ3n) is 3.36. The lowest BCUT2D eigenvalue weighted by Crippen LogP contribution is -2.19. The van der Waals surface area contributed by atoms with Gasteiger partial charge in [0.2, 0.25) is 5.88 Å². The molecule has 0 bridgehead atoms. The van der Waals surface area contributed by atoms with E-state index in [1.165, 1.54) is 0 Å². The van der Waals surface area contributed by atoms with Crippen LogP contribution in [0, 0.1) is 19.8 Å². The van der Waals surface area contributed by atoms with E-state index in [1.807, 2.05) is 37.7 Å². The van der Waals surface area contributed by atoms with Gasteiger partial charge in [-0.3, -0.25) is 4.68 Å². The lowest BCUT2D eigenvalue weighted by Gasteiger charge is -2.12. The lowest BCUT2D eigenvalue weighted by atomic mass is 10.2. The predicted octanol–water partition coefficient (Wildman–Crippen LogP) is 2.97. The second-order valence-corrected chi connectivity index (χ2v) is 5.72. The normalized spacial score (nSPS) is 11.1. The molecule has 0 atom stereocenters. The van der Waals surface area contributed by atoms with Gasteiger partial charge in [-0.05, 0) is 32.4 Å². The number of hydrogen-bond donors (Lipinski definition) is 1. The Morgan fingerprint density at radius 3 is 2.71 bits per heavy atom. The quantitative estimate of drug-likeness (QED) is 0.888. The first-order chi connectivity index (χ1) is 9.99. The van der Waals surface area contributed by atoms with Crippen LogP contribution in [0.4, 0.5) is 0 Å². The molecule has 0 radical (unpaired) electrons. The summed E-state index contributed by atoms with van der Waals surface area (Å²) in [5.41, 5.74) is 2.93. The van der Waals surface area contributed by atoms with E-state index in [0.29, 0.717) is 11.8 Å². The Bertz CT molecular complexity index is 604. The van der Waals surface area contributed by atoms with Gasteiger partial charge in [0, 0.05) is 25.4 Å². The summed E-state index contributed by atoms with van der Waals surface area (Å²) in [5.74, 6) is 2.06. The van der Waals surface area contributed by atoms with Crippen molar-refractivity contribution in [1.29, 1.82) is 0 Å². The van der Waals surface area contributed by atoms with Gasteiger partial charge >= 0.3 is 0 Å². The van der Waals surface area contributed by atoms with Gasteiger partial charge in [0.15, 0.2) is 5.75 Å². The lowest BCUT2D eigenvalue weighted by molar-refractivity contribution is 0.443. The van der Waals surface area contributed by atoms with Crippen molar-refractivity contribution in [1.82, 2.24) is 20.1 Å². The molecule has 0 aromatic carbocycles. The highest BCUT2D eigenvalue weighted by Gasteiger charge is 2.14. The molecule has 5 nitrogen and oxygen atoms in total. The molecule has 2 heterocycles. The summed E-state index contributed by atoms with van der Waals surface area (Å²) in [7, 11) is 1.92. The SMILES string of the molecule is Cc1nn(C)c(C)c1Oc1ncccc1CNCC(C)C. The maximum Gasteiger partial charge on any atom is 0.223 e. The highest BCUT2D eigenvalue weighted by molar-refractivity contribution is 5.37. The Morgan fingerprint density at radius 1 is 1.33 bits per heavy atom. The fraction of sp³-hybridized carbons (Fsp3) is 0.500. The van der Waals surface area contributed by atoms with Crippen molar-refractivity contribution in [2.75, 3.05) is 6.54 Å². The number of nitrogens with one attached hydrogen (secondary N) is 1. The molecule has 2 aromatic heterocycles. The number of nitrogens with zero attached hydrogens (tertiary/aromatic N) is 3. The molecule has 0 saturated heterocycles. The van der Waals surface area contributed by atoms with E-state index >= 15 is 0 Å². The summed E-state index contributed by atoms with van der Waals surface area (Å²) < 4.78 is 7.84. The fourth-order valence-electron chi connectivity index (χ4n) is 2.14. The first kappa shape index (κ1) is 15.5. The molecule has 0 aliphatic heterocycles. The fourth-order valence-corrected chi connectivity index (χ4v) is 2.14. The van der Waals surface area contributed by atoms with Crippen LogP contribution in [0.15, 0.2) is 18.3 Å². The summed E-state index contributed by atoms with van der Waals surface area (Å²) in [6.45, 7) is 10.0. The van der Waals surface area contributed by atoms with E-state index in [2.05, 4.69) is 29.2 Å². The van der Waals surface area contributed by atoms with Crippen LogP contribution in [0.2, 0.25) is 0 Å². The first-order valence-electron chi connectivity index (χ1n) is 7.31. The second kappa shape index (κ2) is 6.72. The van der Waals surface area contributed by atoms with Crippen molar-refractivity contribution < 1.29 is 4.74 Å². The Balaban J connectivity index is 2.16. The van der Waals surface area contributed by atoms with E-state index in [-0.39, 0.29) is 0 Å². The molecule has 0 spiro atoms. The van der Waals surface area contributed by atoms with Crippen LogP contribution in [0.1, 0.15) is 30.8 Å². The van der Waals surface area contributed by atoms with Crippen molar-refractivity contribution in [3.05, 3.63) is 35.3 Å². The average molecular weight is 288 g/mol. The van der Waals surface area contributed by atoms with Crippen molar-refractivity contribution >= 4 is 0 Å². The Morgan fingerprint density at radius 2 is 2.10 bits per heavy atom. The summed E-state index contributed by atoms with van der Waals surface area (Å²) in [6.07, 6.45) is 1.75. The Kier molecular flexibility index (Phi) is 4.96. The molecular weight excluding hydrogens is 264 g/mol. The van der Waals surface area contributed by atoms with Crippen molar-refractivity contribution in [2.45, 2.75) is 34.2 Å². The smallest absolute Gasteiger partial charge is 0.223 e. The minimum absolute atomic E-state index is 0.619. The topological polar surface area (TPSA) is 52.0 Å². The average Bonchev–Trinajstić information content (AvgIpc) is 2.67. The van der Waals surface area contributed by atoms with Crippen molar-refractivity contribution in [3.8, 4) is 11.6 Å². The van der Waals surface area contributed by atoms with Crippen LogP contribution in [-0.2, 0) is 13.6 Å². The molecule has 0 fully saturated rings. The second-order valence-electron chi connectivity index (χ2n) is 5.72. The van der Waals surface area contributed by atoms with Gasteiger partial charge in [0.25, 0.3) is 0 Å². The zero-order valence-corrected chi connectivity index (χ0v) is 13.5. The summed E-state index contributed by atoms with van der Waals surface area (Å²) in [5, 5.41) is 7.79. The monoisotopic (exact) mass is 288 g/mol. The van der Waals surface area contributed by atoms with Crippen LogP contribution >= 0.6 is 0 Å². The van der Waals surface area contributed by atoms with E-state index in [1.54, 1.807) is 6.20 Å². The zero-order valence-electron chi connectivity index (χ0n) is 13.5. The minimum atomic E-state index is 0.619. The summed E-state index contributed by atoms with van der Waals surface area (Å²) >= 11 is 0. The summed E-state index contributed by atoms with van der Waals surface area (Å²) in [6, 6.07) is 3.97. The number of hydrogen-bond acceptors (Lipinski definition) is 4. The molecule has 0 amide bonds. The van der Waals surface area contributed by atoms with Crippen LogP contribution < -0.4 is 10.1 Å². The molecule has 2 rings (SSSR count). The third kappa shape index (κ3) is 3.82. The highest BCUT2D eigenvalue weighted by atomic mass is 16.5. The molecule has 5 heteroatoms. The van der Waals surface area contributed by atoms with E-state index < -0.39 is 0 Å². The molecule has 2 aromatic rings. The molecule has 0 unspecified atom stereocenters. The van der Waals surface area contributed by atoms with Gasteiger partial charge in [0.1, 0.15) is 5.69 Å². The number of aromatic nitrogens is 3. The number of ether oxygens (including phenoxy) is 1. The maximum absolute atomic E-state index is 6.01. The molecule has 1 N–H and O–H groups in total. The number of pyridine rings is 1. The third-order valence-corrected chi connectivity index (χ3v) is 3.36. The molecule has 21 heavy (non-hydrogen) atoms. The molecule has 0 aliphatic rings. The Labute approximate surface area is 126 Å². The van der Waals surface area contributed by atoms with Gasteiger partial charge in [-0.15, -0.1) is 0 Å². The Hall–Kier alpha value is -1.88. The number of aryl methyl sites for hydroxylation is 2. The molecule has 114 valence electrons.